The van der Waals surface area contributed by atoms with Crippen LogP contribution in [0.5, 0.6) is 11.5 Å². The molecular formula is C17H16BrNO6. The minimum Gasteiger partial charge on any atom is -0.496 e. The Labute approximate surface area is 152 Å². The summed E-state index contributed by atoms with van der Waals surface area (Å²) in [7, 11) is 3.03. The van der Waals surface area contributed by atoms with Crippen LogP contribution in [-0.2, 0) is 11.3 Å². The molecule has 2 aromatic carbocycles. The second kappa shape index (κ2) is 7.98. The van der Waals surface area contributed by atoms with Crippen molar-refractivity contribution in [3.05, 3.63) is 61.6 Å². The van der Waals surface area contributed by atoms with Gasteiger partial charge in [0, 0.05) is 17.2 Å². The zero-order chi connectivity index (χ0) is 18.6. The number of carbonyl (C=O) groups is 1. The molecule has 0 atom stereocenters. The van der Waals surface area contributed by atoms with Gasteiger partial charge in [0.15, 0.2) is 0 Å². The van der Waals surface area contributed by atoms with E-state index in [1.165, 1.54) is 39.3 Å². The molecule has 132 valence electrons. The van der Waals surface area contributed by atoms with Crippen molar-refractivity contribution < 1.29 is 23.9 Å². The Balaban J connectivity index is 2.23. The van der Waals surface area contributed by atoms with Crippen molar-refractivity contribution in [2.45, 2.75) is 13.5 Å². The maximum atomic E-state index is 12.3. The molecule has 0 heterocycles. The predicted molar refractivity (Wildman–Crippen MR) is 94.2 cm³/mol. The van der Waals surface area contributed by atoms with E-state index in [4.69, 9.17) is 14.2 Å². The molecule has 0 saturated carbocycles. The first-order valence-corrected chi connectivity index (χ1v) is 7.99. The van der Waals surface area contributed by atoms with Crippen molar-refractivity contribution in [1.82, 2.24) is 0 Å². The highest BCUT2D eigenvalue weighted by Gasteiger charge is 2.20. The van der Waals surface area contributed by atoms with E-state index < -0.39 is 10.9 Å². The number of nitrogens with zero attached hydrogens (tertiary/aromatic N) is 1. The van der Waals surface area contributed by atoms with Gasteiger partial charge in [-0.2, -0.15) is 0 Å². The molecule has 0 N–H and O–H groups in total. The summed E-state index contributed by atoms with van der Waals surface area (Å²) in [5, 5.41) is 11.0. The second-order valence-corrected chi connectivity index (χ2v) is 5.94. The third-order valence-corrected chi connectivity index (χ3v) is 4.26. The molecule has 2 aromatic rings. The van der Waals surface area contributed by atoms with E-state index in [-0.39, 0.29) is 23.4 Å². The monoisotopic (exact) mass is 409 g/mol. The van der Waals surface area contributed by atoms with Crippen LogP contribution in [0.1, 0.15) is 21.5 Å². The van der Waals surface area contributed by atoms with Crippen LogP contribution in [0.2, 0.25) is 0 Å². The first-order chi connectivity index (χ1) is 11.9. The van der Waals surface area contributed by atoms with E-state index >= 15 is 0 Å². The fourth-order valence-electron chi connectivity index (χ4n) is 2.30. The highest BCUT2D eigenvalue weighted by molar-refractivity contribution is 9.10. The average Bonchev–Trinajstić information content (AvgIpc) is 2.59. The predicted octanol–water partition coefficient (Wildman–Crippen LogP) is 4.04. The number of hydrogen-bond donors (Lipinski definition) is 0. The lowest BCUT2D eigenvalue weighted by atomic mass is 10.1. The molecule has 0 bridgehead atoms. The number of benzene rings is 2. The molecule has 0 radical (unpaired) electrons. The van der Waals surface area contributed by atoms with Gasteiger partial charge in [0.25, 0.3) is 5.69 Å². The van der Waals surface area contributed by atoms with Crippen LogP contribution in [0, 0.1) is 17.0 Å². The standard InChI is InChI=1S/C17H16BrNO6/c1-10-12(5-4-6-14(10)19(21)22)17(20)25-9-11-7-16(24-3)13(18)8-15(11)23-2/h4-8H,9H2,1-3H3. The average molecular weight is 410 g/mol. The van der Waals surface area contributed by atoms with Crippen molar-refractivity contribution in [2.24, 2.45) is 0 Å². The van der Waals surface area contributed by atoms with E-state index in [0.717, 1.165) is 0 Å². The molecule has 0 amide bonds. The molecule has 0 unspecified atom stereocenters. The Kier molecular flexibility index (Phi) is 5.97. The quantitative estimate of drug-likeness (QED) is 0.406. The zero-order valence-electron chi connectivity index (χ0n) is 13.9. The normalized spacial score (nSPS) is 10.2. The number of hydrogen-bond acceptors (Lipinski definition) is 6. The highest BCUT2D eigenvalue weighted by Crippen LogP contribution is 2.33. The smallest absolute Gasteiger partial charge is 0.338 e. The van der Waals surface area contributed by atoms with Crippen LogP contribution in [0.4, 0.5) is 5.69 Å². The molecule has 2 rings (SSSR count). The molecule has 7 nitrogen and oxygen atoms in total. The molecule has 0 aliphatic rings. The third-order valence-electron chi connectivity index (χ3n) is 3.64. The van der Waals surface area contributed by atoms with Gasteiger partial charge >= 0.3 is 5.97 Å². The van der Waals surface area contributed by atoms with Crippen LogP contribution in [0.25, 0.3) is 0 Å². The van der Waals surface area contributed by atoms with Gasteiger partial charge in [-0.25, -0.2) is 4.79 Å². The van der Waals surface area contributed by atoms with Gasteiger partial charge in [-0.05, 0) is 41.1 Å². The summed E-state index contributed by atoms with van der Waals surface area (Å²) >= 11 is 3.35. The molecule has 0 fully saturated rings. The van der Waals surface area contributed by atoms with Gasteiger partial charge in [-0.15, -0.1) is 0 Å². The van der Waals surface area contributed by atoms with Crippen molar-refractivity contribution in [3.63, 3.8) is 0 Å². The van der Waals surface area contributed by atoms with Gasteiger partial charge in [0.05, 0.1) is 29.2 Å². The van der Waals surface area contributed by atoms with Crippen LogP contribution in [0.3, 0.4) is 0 Å². The number of rotatable bonds is 6. The fourth-order valence-corrected chi connectivity index (χ4v) is 2.78. The number of nitro benzene ring substituents is 1. The second-order valence-electron chi connectivity index (χ2n) is 5.08. The first-order valence-electron chi connectivity index (χ1n) is 7.20. The summed E-state index contributed by atoms with van der Waals surface area (Å²) in [6, 6.07) is 7.68. The summed E-state index contributed by atoms with van der Waals surface area (Å²) < 4.78 is 16.5. The molecular weight excluding hydrogens is 394 g/mol. The van der Waals surface area contributed by atoms with Gasteiger partial charge in [-0.1, -0.05) is 6.07 Å². The number of nitro groups is 1. The Morgan fingerprint density at radius 2 is 1.88 bits per heavy atom. The molecule has 0 aliphatic heterocycles. The summed E-state index contributed by atoms with van der Waals surface area (Å²) in [4.78, 5) is 22.8. The molecule has 8 heteroatoms. The summed E-state index contributed by atoms with van der Waals surface area (Å²) in [6.45, 7) is 1.45. The lowest BCUT2D eigenvalue weighted by Gasteiger charge is -2.13. The van der Waals surface area contributed by atoms with Crippen molar-refractivity contribution in [2.75, 3.05) is 14.2 Å². The number of methoxy groups -OCH3 is 2. The van der Waals surface area contributed by atoms with Crippen LogP contribution in [-0.4, -0.2) is 25.1 Å². The largest absolute Gasteiger partial charge is 0.496 e. The Bertz CT molecular complexity index is 821. The van der Waals surface area contributed by atoms with E-state index in [9.17, 15) is 14.9 Å². The zero-order valence-corrected chi connectivity index (χ0v) is 15.5. The summed E-state index contributed by atoms with van der Waals surface area (Å²) in [5.41, 5.74) is 0.895. The number of esters is 1. The van der Waals surface area contributed by atoms with Crippen LogP contribution < -0.4 is 9.47 Å². The topological polar surface area (TPSA) is 87.9 Å². The SMILES string of the molecule is COc1cc(COC(=O)c2cccc([N+](=O)[O-])c2C)c(OC)cc1Br. The third kappa shape index (κ3) is 4.08. The number of carbonyl (C=O) groups excluding carboxylic acids is 1. The minimum absolute atomic E-state index is 0.0617. The first kappa shape index (κ1) is 18.7. The van der Waals surface area contributed by atoms with E-state index in [1.54, 1.807) is 12.1 Å². The Morgan fingerprint density at radius 1 is 1.20 bits per heavy atom. The Morgan fingerprint density at radius 3 is 2.48 bits per heavy atom. The van der Waals surface area contributed by atoms with Crippen molar-refractivity contribution >= 4 is 27.6 Å². The van der Waals surface area contributed by atoms with E-state index in [2.05, 4.69) is 15.9 Å². The van der Waals surface area contributed by atoms with Gasteiger partial charge < -0.3 is 14.2 Å². The van der Waals surface area contributed by atoms with E-state index in [1.807, 2.05) is 0 Å². The van der Waals surface area contributed by atoms with Crippen molar-refractivity contribution in [1.29, 1.82) is 0 Å². The van der Waals surface area contributed by atoms with E-state index in [0.29, 0.717) is 21.5 Å². The van der Waals surface area contributed by atoms with Gasteiger partial charge in [-0.3, -0.25) is 10.1 Å². The molecule has 0 aromatic heterocycles. The minimum atomic E-state index is -0.648. The van der Waals surface area contributed by atoms with Crippen LogP contribution >= 0.6 is 15.9 Å². The van der Waals surface area contributed by atoms with Gasteiger partial charge in [0.2, 0.25) is 0 Å². The summed E-state index contributed by atoms with van der Waals surface area (Å²) in [5.74, 6) is 0.444. The lowest BCUT2D eigenvalue weighted by Crippen LogP contribution is -2.09. The van der Waals surface area contributed by atoms with Gasteiger partial charge in [0.1, 0.15) is 18.1 Å². The number of ether oxygens (including phenoxy) is 3. The highest BCUT2D eigenvalue weighted by atomic mass is 79.9. The maximum absolute atomic E-state index is 12.3. The van der Waals surface area contributed by atoms with Crippen LogP contribution in [0.15, 0.2) is 34.8 Å². The Hall–Kier alpha value is -2.61. The summed E-state index contributed by atoms with van der Waals surface area (Å²) in [6.07, 6.45) is 0. The van der Waals surface area contributed by atoms with Crippen molar-refractivity contribution in [3.8, 4) is 11.5 Å². The fraction of sp³-hybridized carbons (Fsp3) is 0.235. The molecule has 25 heavy (non-hydrogen) atoms. The maximum Gasteiger partial charge on any atom is 0.338 e. The molecule has 0 aliphatic carbocycles. The number of halogens is 1. The molecule has 0 saturated heterocycles. The molecule has 0 spiro atoms. The lowest BCUT2D eigenvalue weighted by molar-refractivity contribution is -0.385.